The molecule has 1 unspecified atom stereocenters. The zero-order valence-electron chi connectivity index (χ0n) is 14.9. The van der Waals surface area contributed by atoms with Crippen LogP contribution in [0.4, 0.5) is 13.2 Å². The van der Waals surface area contributed by atoms with Crippen LogP contribution in [-0.4, -0.2) is 45.6 Å². The third kappa shape index (κ3) is 3.54. The lowest BCUT2D eigenvalue weighted by Crippen LogP contribution is -2.45. The monoisotopic (exact) mass is 380 g/mol. The van der Waals surface area contributed by atoms with Crippen LogP contribution in [0.5, 0.6) is 0 Å². The average molecular weight is 380 g/mol. The molecule has 0 spiro atoms. The number of hydrogen-bond donors (Lipinski definition) is 1. The Bertz CT molecular complexity index is 876. The standard InChI is InChI=1S/C18H19F3N4O2/c1-11-6-3-4-7-14(11)25-15(18(19,20)21)13(10-23-25)17(27)24-9-5-8-22-16(26)12(24)2/h3-4,6-7,10,12H,5,8-9H2,1-2H3,(H,22,26). The maximum absolute atomic E-state index is 13.8. The Balaban J connectivity index is 2.10. The van der Waals surface area contributed by atoms with Crippen molar-refractivity contribution in [2.75, 3.05) is 13.1 Å². The van der Waals surface area contributed by atoms with Gasteiger partial charge in [0.2, 0.25) is 5.91 Å². The summed E-state index contributed by atoms with van der Waals surface area (Å²) in [5, 5.41) is 6.48. The first-order valence-corrected chi connectivity index (χ1v) is 8.51. The number of nitrogens with one attached hydrogen (secondary N) is 1. The van der Waals surface area contributed by atoms with Gasteiger partial charge in [0.05, 0.1) is 17.4 Å². The third-order valence-corrected chi connectivity index (χ3v) is 4.59. The van der Waals surface area contributed by atoms with Crippen LogP contribution in [-0.2, 0) is 11.0 Å². The SMILES string of the molecule is Cc1ccccc1-n1ncc(C(=O)N2CCCNC(=O)C2C)c1C(F)(F)F. The fraction of sp³-hybridized carbons (Fsp3) is 0.389. The number of carbonyl (C=O) groups excluding carboxylic acids is 2. The van der Waals surface area contributed by atoms with E-state index in [1.807, 2.05) is 0 Å². The molecule has 3 rings (SSSR count). The lowest BCUT2D eigenvalue weighted by atomic mass is 10.1. The van der Waals surface area contributed by atoms with Gasteiger partial charge in [-0.15, -0.1) is 0 Å². The highest BCUT2D eigenvalue weighted by atomic mass is 19.4. The lowest BCUT2D eigenvalue weighted by molar-refractivity contribution is -0.143. The minimum absolute atomic E-state index is 0.186. The topological polar surface area (TPSA) is 67.2 Å². The van der Waals surface area contributed by atoms with Crippen LogP contribution >= 0.6 is 0 Å². The molecular weight excluding hydrogens is 361 g/mol. The minimum atomic E-state index is -4.79. The number of hydrogen-bond acceptors (Lipinski definition) is 3. The van der Waals surface area contributed by atoms with E-state index in [0.717, 1.165) is 15.8 Å². The molecule has 1 N–H and O–H groups in total. The molecule has 2 aromatic rings. The number of alkyl halides is 3. The van der Waals surface area contributed by atoms with E-state index in [4.69, 9.17) is 0 Å². The summed E-state index contributed by atoms with van der Waals surface area (Å²) in [4.78, 5) is 26.0. The first kappa shape index (κ1) is 18.9. The molecule has 1 aliphatic heterocycles. The summed E-state index contributed by atoms with van der Waals surface area (Å²) in [6.45, 7) is 3.73. The average Bonchev–Trinajstić information content (AvgIpc) is 2.99. The Labute approximate surface area is 154 Å². The Kier molecular flexibility index (Phi) is 4.95. The van der Waals surface area contributed by atoms with Crippen molar-refractivity contribution in [1.82, 2.24) is 20.0 Å². The first-order valence-electron chi connectivity index (χ1n) is 8.51. The molecule has 0 aliphatic carbocycles. The lowest BCUT2D eigenvalue weighted by Gasteiger charge is -2.25. The molecule has 0 saturated carbocycles. The number of halogens is 3. The van der Waals surface area contributed by atoms with E-state index in [0.29, 0.717) is 18.5 Å². The van der Waals surface area contributed by atoms with Crippen LogP contribution < -0.4 is 5.32 Å². The van der Waals surface area contributed by atoms with Crippen LogP contribution in [0.25, 0.3) is 5.69 Å². The Morgan fingerprint density at radius 1 is 1.30 bits per heavy atom. The van der Waals surface area contributed by atoms with Crippen LogP contribution in [0.3, 0.4) is 0 Å². The molecule has 0 bridgehead atoms. The number of aromatic nitrogens is 2. The van der Waals surface area contributed by atoms with Crippen LogP contribution in [0.15, 0.2) is 30.5 Å². The molecule has 1 aromatic heterocycles. The van der Waals surface area contributed by atoms with Crippen molar-refractivity contribution in [3.05, 3.63) is 47.3 Å². The van der Waals surface area contributed by atoms with Gasteiger partial charge in [-0.05, 0) is 31.9 Å². The van der Waals surface area contributed by atoms with Gasteiger partial charge in [-0.3, -0.25) is 9.59 Å². The molecule has 1 atom stereocenters. The highest BCUT2D eigenvalue weighted by molar-refractivity contribution is 5.98. The molecule has 1 saturated heterocycles. The summed E-state index contributed by atoms with van der Waals surface area (Å²) in [5.41, 5.74) is -0.871. The molecule has 1 aromatic carbocycles. The van der Waals surface area contributed by atoms with E-state index in [2.05, 4.69) is 10.4 Å². The van der Waals surface area contributed by atoms with E-state index < -0.39 is 29.4 Å². The largest absolute Gasteiger partial charge is 0.434 e. The molecule has 1 aliphatic rings. The molecule has 9 heteroatoms. The first-order chi connectivity index (χ1) is 12.7. The van der Waals surface area contributed by atoms with E-state index in [1.54, 1.807) is 25.1 Å². The predicted octanol–water partition coefficient (Wildman–Crippen LogP) is 2.55. The summed E-state index contributed by atoms with van der Waals surface area (Å²) in [5.74, 6) is -1.24. The van der Waals surface area contributed by atoms with Crippen LogP contribution in [0.2, 0.25) is 0 Å². The van der Waals surface area contributed by atoms with E-state index in [9.17, 15) is 22.8 Å². The number of nitrogens with zero attached hydrogens (tertiary/aromatic N) is 3. The fourth-order valence-electron chi connectivity index (χ4n) is 3.14. The van der Waals surface area contributed by atoms with Gasteiger partial charge in [-0.2, -0.15) is 18.3 Å². The summed E-state index contributed by atoms with van der Waals surface area (Å²) < 4.78 is 42.2. The number of aryl methyl sites for hydroxylation is 1. The van der Waals surface area contributed by atoms with Gasteiger partial charge in [0.1, 0.15) is 6.04 Å². The molecule has 2 heterocycles. The second-order valence-corrected chi connectivity index (χ2v) is 6.42. The van der Waals surface area contributed by atoms with Gasteiger partial charge in [0, 0.05) is 13.1 Å². The maximum atomic E-state index is 13.8. The van der Waals surface area contributed by atoms with Crippen molar-refractivity contribution in [2.24, 2.45) is 0 Å². The highest BCUT2D eigenvalue weighted by Gasteiger charge is 2.42. The summed E-state index contributed by atoms with van der Waals surface area (Å²) in [6, 6.07) is 5.63. The second kappa shape index (κ2) is 7.05. The van der Waals surface area contributed by atoms with E-state index in [1.165, 1.54) is 13.0 Å². The van der Waals surface area contributed by atoms with Gasteiger partial charge < -0.3 is 10.2 Å². The van der Waals surface area contributed by atoms with Crippen molar-refractivity contribution >= 4 is 11.8 Å². The molecule has 6 nitrogen and oxygen atoms in total. The number of benzene rings is 1. The number of rotatable bonds is 2. The van der Waals surface area contributed by atoms with E-state index >= 15 is 0 Å². The van der Waals surface area contributed by atoms with Gasteiger partial charge in [0.25, 0.3) is 5.91 Å². The normalized spacial score (nSPS) is 18.2. The summed E-state index contributed by atoms with van der Waals surface area (Å²) in [6.07, 6.45) is -3.40. The minimum Gasteiger partial charge on any atom is -0.354 e. The van der Waals surface area contributed by atoms with Crippen molar-refractivity contribution in [1.29, 1.82) is 0 Å². The zero-order chi connectivity index (χ0) is 19.8. The van der Waals surface area contributed by atoms with Crippen molar-refractivity contribution < 1.29 is 22.8 Å². The van der Waals surface area contributed by atoms with Crippen molar-refractivity contribution in [3.8, 4) is 5.69 Å². The fourth-order valence-corrected chi connectivity index (χ4v) is 3.14. The Hall–Kier alpha value is -2.84. The number of carbonyl (C=O) groups is 2. The van der Waals surface area contributed by atoms with Crippen LogP contribution in [0, 0.1) is 6.92 Å². The van der Waals surface area contributed by atoms with Crippen molar-refractivity contribution in [3.63, 3.8) is 0 Å². The summed E-state index contributed by atoms with van der Waals surface area (Å²) >= 11 is 0. The molecule has 27 heavy (non-hydrogen) atoms. The molecule has 0 radical (unpaired) electrons. The van der Waals surface area contributed by atoms with Crippen LogP contribution in [0.1, 0.15) is 35.0 Å². The molecule has 1 fully saturated rings. The number of amides is 2. The Morgan fingerprint density at radius 2 is 2.00 bits per heavy atom. The molecular formula is C18H19F3N4O2. The highest BCUT2D eigenvalue weighted by Crippen LogP contribution is 2.35. The van der Waals surface area contributed by atoms with E-state index in [-0.39, 0.29) is 18.1 Å². The molecule has 2 amide bonds. The second-order valence-electron chi connectivity index (χ2n) is 6.42. The quantitative estimate of drug-likeness (QED) is 0.871. The maximum Gasteiger partial charge on any atom is 0.434 e. The third-order valence-electron chi connectivity index (χ3n) is 4.59. The molecule has 144 valence electrons. The predicted molar refractivity (Wildman–Crippen MR) is 91.4 cm³/mol. The summed E-state index contributed by atoms with van der Waals surface area (Å²) in [7, 11) is 0. The Morgan fingerprint density at radius 3 is 2.67 bits per heavy atom. The van der Waals surface area contributed by atoms with Gasteiger partial charge in [-0.1, -0.05) is 18.2 Å². The van der Waals surface area contributed by atoms with Gasteiger partial charge >= 0.3 is 6.18 Å². The number of para-hydroxylation sites is 1. The van der Waals surface area contributed by atoms with Gasteiger partial charge in [-0.25, -0.2) is 4.68 Å². The smallest absolute Gasteiger partial charge is 0.354 e. The van der Waals surface area contributed by atoms with Gasteiger partial charge in [0.15, 0.2) is 5.69 Å². The zero-order valence-corrected chi connectivity index (χ0v) is 14.9. The van der Waals surface area contributed by atoms with Crippen molar-refractivity contribution in [2.45, 2.75) is 32.5 Å².